The summed E-state index contributed by atoms with van der Waals surface area (Å²) >= 11 is 0. The van der Waals surface area contributed by atoms with E-state index in [4.69, 9.17) is 15.6 Å². The lowest BCUT2D eigenvalue weighted by Gasteiger charge is -2.07. The Hall–Kier alpha value is -1.22. The summed E-state index contributed by atoms with van der Waals surface area (Å²) in [7, 11) is 0. The summed E-state index contributed by atoms with van der Waals surface area (Å²) in [6.07, 6.45) is 1.66. The van der Waals surface area contributed by atoms with E-state index in [-0.39, 0.29) is 6.61 Å². The molecule has 0 radical (unpaired) electrons. The largest absolute Gasteiger partial charge is 0.494 e. The average Bonchev–Trinajstić information content (AvgIpc) is 2.18. The summed E-state index contributed by atoms with van der Waals surface area (Å²) in [5.74, 6) is 0.842. The van der Waals surface area contributed by atoms with Crippen LogP contribution >= 0.6 is 0 Å². The van der Waals surface area contributed by atoms with Gasteiger partial charge in [-0.2, -0.15) is 0 Å². The van der Waals surface area contributed by atoms with Crippen molar-refractivity contribution in [2.24, 2.45) is 0 Å². The van der Waals surface area contributed by atoms with Crippen LogP contribution in [0.5, 0.6) is 5.75 Å². The van der Waals surface area contributed by atoms with E-state index in [9.17, 15) is 0 Å². The molecule has 0 atom stereocenters. The Labute approximate surface area is 84.5 Å². The maximum Gasteiger partial charge on any atom is 0.119 e. The third-order valence-electron chi connectivity index (χ3n) is 2.06. The number of aliphatic hydroxyl groups is 1. The van der Waals surface area contributed by atoms with Crippen molar-refractivity contribution >= 4 is 5.69 Å². The molecule has 1 aromatic rings. The topological polar surface area (TPSA) is 55.5 Å². The normalized spacial score (nSPS) is 10.1. The van der Waals surface area contributed by atoms with Crippen LogP contribution in [0.2, 0.25) is 0 Å². The minimum absolute atomic E-state index is 0.226. The van der Waals surface area contributed by atoms with Crippen LogP contribution in [-0.2, 0) is 0 Å². The number of benzene rings is 1. The third kappa shape index (κ3) is 3.26. The van der Waals surface area contributed by atoms with Crippen LogP contribution in [0.25, 0.3) is 0 Å². The first kappa shape index (κ1) is 10.9. The fraction of sp³-hybridized carbons (Fsp3) is 0.455. The fourth-order valence-corrected chi connectivity index (χ4v) is 1.14. The first-order valence-corrected chi connectivity index (χ1v) is 4.84. The van der Waals surface area contributed by atoms with E-state index in [2.05, 4.69) is 0 Å². The summed E-state index contributed by atoms with van der Waals surface area (Å²) in [4.78, 5) is 0. The Morgan fingerprint density at radius 1 is 1.36 bits per heavy atom. The van der Waals surface area contributed by atoms with Gasteiger partial charge in [-0.1, -0.05) is 0 Å². The van der Waals surface area contributed by atoms with E-state index >= 15 is 0 Å². The zero-order chi connectivity index (χ0) is 10.4. The van der Waals surface area contributed by atoms with Gasteiger partial charge in [0.25, 0.3) is 0 Å². The highest BCUT2D eigenvalue weighted by molar-refractivity contribution is 5.49. The standard InChI is InChI=1S/C11H17NO2/c1-9-8-10(4-5-11(9)12)14-7-3-2-6-13/h4-5,8,13H,2-3,6-7,12H2,1H3. The number of aliphatic hydroxyl groups excluding tert-OH is 1. The molecule has 0 spiro atoms. The number of rotatable bonds is 5. The van der Waals surface area contributed by atoms with Gasteiger partial charge >= 0.3 is 0 Å². The number of nitrogen functional groups attached to an aromatic ring is 1. The quantitative estimate of drug-likeness (QED) is 0.555. The van der Waals surface area contributed by atoms with Crippen LogP contribution in [0, 0.1) is 6.92 Å². The first-order valence-electron chi connectivity index (χ1n) is 4.84. The van der Waals surface area contributed by atoms with Gasteiger partial charge in [0.1, 0.15) is 5.75 Å². The number of hydrogen-bond donors (Lipinski definition) is 2. The molecule has 78 valence electrons. The van der Waals surface area contributed by atoms with Crippen molar-refractivity contribution in [3.8, 4) is 5.75 Å². The highest BCUT2D eigenvalue weighted by Gasteiger charge is 1.97. The molecule has 0 amide bonds. The molecule has 0 aliphatic rings. The molecule has 0 aliphatic carbocycles. The minimum atomic E-state index is 0.226. The summed E-state index contributed by atoms with van der Waals surface area (Å²) in [5, 5.41) is 8.57. The predicted octanol–water partition coefficient (Wildman–Crippen LogP) is 1.73. The molecule has 0 aromatic heterocycles. The average molecular weight is 195 g/mol. The van der Waals surface area contributed by atoms with Gasteiger partial charge in [0.2, 0.25) is 0 Å². The van der Waals surface area contributed by atoms with E-state index < -0.39 is 0 Å². The van der Waals surface area contributed by atoms with Crippen molar-refractivity contribution in [2.75, 3.05) is 18.9 Å². The maximum absolute atomic E-state index is 8.57. The van der Waals surface area contributed by atoms with Gasteiger partial charge in [-0.3, -0.25) is 0 Å². The molecule has 14 heavy (non-hydrogen) atoms. The van der Waals surface area contributed by atoms with Crippen molar-refractivity contribution in [1.29, 1.82) is 0 Å². The lowest BCUT2D eigenvalue weighted by molar-refractivity contribution is 0.253. The summed E-state index contributed by atoms with van der Waals surface area (Å²) in [5.41, 5.74) is 7.49. The zero-order valence-electron chi connectivity index (χ0n) is 8.49. The minimum Gasteiger partial charge on any atom is -0.494 e. The molecule has 0 fully saturated rings. The monoisotopic (exact) mass is 195 g/mol. The van der Waals surface area contributed by atoms with E-state index in [0.29, 0.717) is 6.61 Å². The number of anilines is 1. The Morgan fingerprint density at radius 3 is 2.79 bits per heavy atom. The maximum atomic E-state index is 8.57. The van der Waals surface area contributed by atoms with Gasteiger partial charge in [-0.05, 0) is 43.5 Å². The summed E-state index contributed by atoms with van der Waals surface area (Å²) in [6.45, 7) is 2.82. The lowest BCUT2D eigenvalue weighted by atomic mass is 10.2. The van der Waals surface area contributed by atoms with E-state index in [1.807, 2.05) is 25.1 Å². The van der Waals surface area contributed by atoms with Crippen LogP contribution in [0.15, 0.2) is 18.2 Å². The SMILES string of the molecule is Cc1cc(OCCCCO)ccc1N. The van der Waals surface area contributed by atoms with Crippen LogP contribution < -0.4 is 10.5 Å². The fourth-order valence-electron chi connectivity index (χ4n) is 1.14. The molecule has 0 aliphatic heterocycles. The van der Waals surface area contributed by atoms with E-state index in [1.165, 1.54) is 0 Å². The molecule has 0 saturated heterocycles. The number of ether oxygens (including phenoxy) is 1. The number of nitrogens with two attached hydrogens (primary N) is 1. The third-order valence-corrected chi connectivity index (χ3v) is 2.06. The number of aryl methyl sites for hydroxylation is 1. The van der Waals surface area contributed by atoms with Crippen molar-refractivity contribution in [3.63, 3.8) is 0 Å². The molecule has 0 unspecified atom stereocenters. The van der Waals surface area contributed by atoms with Crippen LogP contribution in [0.3, 0.4) is 0 Å². The molecule has 0 bridgehead atoms. The second kappa shape index (κ2) is 5.50. The summed E-state index contributed by atoms with van der Waals surface area (Å²) in [6, 6.07) is 5.63. The Morgan fingerprint density at radius 2 is 2.14 bits per heavy atom. The van der Waals surface area contributed by atoms with Gasteiger partial charge in [-0.25, -0.2) is 0 Å². The molecular formula is C11H17NO2. The second-order valence-corrected chi connectivity index (χ2v) is 3.30. The Balaban J connectivity index is 2.39. The van der Waals surface area contributed by atoms with Crippen molar-refractivity contribution < 1.29 is 9.84 Å². The molecule has 3 heteroatoms. The van der Waals surface area contributed by atoms with Gasteiger partial charge in [-0.15, -0.1) is 0 Å². The molecule has 0 heterocycles. The van der Waals surface area contributed by atoms with E-state index in [1.54, 1.807) is 0 Å². The van der Waals surface area contributed by atoms with Crippen LogP contribution in [-0.4, -0.2) is 18.3 Å². The number of unbranched alkanes of at least 4 members (excludes halogenated alkanes) is 1. The number of hydrogen-bond acceptors (Lipinski definition) is 3. The van der Waals surface area contributed by atoms with Crippen LogP contribution in [0.1, 0.15) is 18.4 Å². The Kier molecular flexibility index (Phi) is 4.26. The van der Waals surface area contributed by atoms with Gasteiger partial charge < -0.3 is 15.6 Å². The first-order chi connectivity index (χ1) is 6.74. The van der Waals surface area contributed by atoms with Crippen molar-refractivity contribution in [1.82, 2.24) is 0 Å². The lowest BCUT2D eigenvalue weighted by Crippen LogP contribution is -1.99. The molecule has 0 saturated carbocycles. The molecule has 1 rings (SSSR count). The van der Waals surface area contributed by atoms with Crippen molar-refractivity contribution in [2.45, 2.75) is 19.8 Å². The zero-order valence-corrected chi connectivity index (χ0v) is 8.49. The van der Waals surface area contributed by atoms with Gasteiger partial charge in [0.15, 0.2) is 0 Å². The Bertz CT molecular complexity index is 287. The molecular weight excluding hydrogens is 178 g/mol. The molecule has 1 aromatic carbocycles. The smallest absolute Gasteiger partial charge is 0.119 e. The highest BCUT2D eigenvalue weighted by atomic mass is 16.5. The molecule has 3 N–H and O–H groups in total. The van der Waals surface area contributed by atoms with Crippen LogP contribution in [0.4, 0.5) is 5.69 Å². The summed E-state index contributed by atoms with van der Waals surface area (Å²) < 4.78 is 5.48. The van der Waals surface area contributed by atoms with Crippen molar-refractivity contribution in [3.05, 3.63) is 23.8 Å². The van der Waals surface area contributed by atoms with Gasteiger partial charge in [0.05, 0.1) is 6.61 Å². The molecule has 3 nitrogen and oxygen atoms in total. The highest BCUT2D eigenvalue weighted by Crippen LogP contribution is 2.18. The van der Waals surface area contributed by atoms with Gasteiger partial charge in [0, 0.05) is 12.3 Å². The second-order valence-electron chi connectivity index (χ2n) is 3.30. The van der Waals surface area contributed by atoms with E-state index in [0.717, 1.165) is 29.8 Å². The predicted molar refractivity (Wildman–Crippen MR) is 57.4 cm³/mol.